The van der Waals surface area contributed by atoms with Crippen molar-refractivity contribution in [2.75, 3.05) is 0 Å². The molecule has 1 heteroatoms. The summed E-state index contributed by atoms with van der Waals surface area (Å²) >= 11 is 0. The van der Waals surface area contributed by atoms with Gasteiger partial charge in [0.25, 0.3) is 0 Å². The molecule has 1 fully saturated rings. The van der Waals surface area contributed by atoms with E-state index in [1.165, 1.54) is 50.5 Å². The third-order valence-electron chi connectivity index (χ3n) is 5.86. The summed E-state index contributed by atoms with van der Waals surface area (Å²) in [4.78, 5) is 3.57. The number of aromatic nitrogens is 1. The third-order valence-corrected chi connectivity index (χ3v) is 5.86. The van der Waals surface area contributed by atoms with Gasteiger partial charge in [-0.25, -0.2) is 0 Å². The molecule has 3 aromatic carbocycles. The van der Waals surface area contributed by atoms with E-state index in [-0.39, 0.29) is 1.43 Å². The number of hydrogen-bond acceptors (Lipinski definition) is 0. The highest BCUT2D eigenvalue weighted by Crippen LogP contribution is 2.47. The van der Waals surface area contributed by atoms with Gasteiger partial charge in [-0.3, -0.25) is 0 Å². The molecule has 2 aliphatic rings. The van der Waals surface area contributed by atoms with E-state index in [0.717, 1.165) is 11.8 Å². The molecular weight excluding hydrogens is 314 g/mol. The summed E-state index contributed by atoms with van der Waals surface area (Å²) < 4.78 is 0. The number of para-hydroxylation sites is 1. The van der Waals surface area contributed by atoms with E-state index in [2.05, 4.69) is 89.9 Å². The predicted octanol–water partition coefficient (Wildman–Crippen LogP) is 6.82. The number of nitrogens with one attached hydrogen (secondary N) is 1. The maximum atomic E-state index is 3.57. The summed E-state index contributed by atoms with van der Waals surface area (Å²) in [5, 5.41) is 2.58. The third kappa shape index (κ3) is 2.10. The minimum Gasteiger partial charge on any atom is -0.354 e. The predicted molar refractivity (Wildman–Crippen MR) is 112 cm³/mol. The molecule has 0 amide bonds. The Balaban J connectivity index is 0.00000160. The molecule has 0 aliphatic heterocycles. The van der Waals surface area contributed by atoms with Crippen molar-refractivity contribution >= 4 is 27.4 Å². The Bertz CT molecular complexity index is 1230. The van der Waals surface area contributed by atoms with Gasteiger partial charge in [-0.2, -0.15) is 0 Å². The first-order chi connectivity index (χ1) is 12.9. The standard InChI is InChI=1S/C25H19N.H2/c1-2-6-21(20(5-1)17-10-9-16-13-19(16)14-17)18-11-12-23-22-7-3-4-8-24(22)26-25(23)15-18;/h1-12,14-16,19,26H,13H2;1H. The smallest absolute Gasteiger partial charge is 0.0471 e. The lowest BCUT2D eigenvalue weighted by atomic mass is 9.91. The lowest BCUT2D eigenvalue weighted by Gasteiger charge is -2.13. The highest BCUT2D eigenvalue weighted by Gasteiger charge is 2.35. The van der Waals surface area contributed by atoms with Crippen LogP contribution in [0.15, 0.2) is 85.0 Å². The van der Waals surface area contributed by atoms with Crippen LogP contribution in [0.1, 0.15) is 13.4 Å². The van der Waals surface area contributed by atoms with Gasteiger partial charge in [0.1, 0.15) is 0 Å². The fourth-order valence-corrected chi connectivity index (χ4v) is 4.35. The minimum absolute atomic E-state index is 0. The SMILES string of the molecule is C1=CC2CC2C=C1c1ccccc1-c1ccc2c(c1)[nH]c1ccccc12.[HH]. The maximum absolute atomic E-state index is 3.57. The largest absolute Gasteiger partial charge is 0.354 e. The molecule has 4 aromatic rings. The van der Waals surface area contributed by atoms with Gasteiger partial charge in [-0.1, -0.05) is 72.8 Å². The summed E-state index contributed by atoms with van der Waals surface area (Å²) in [6, 6.07) is 24.1. The number of fused-ring (bicyclic) bond motifs is 4. The van der Waals surface area contributed by atoms with Crippen molar-refractivity contribution in [3.05, 3.63) is 90.5 Å². The van der Waals surface area contributed by atoms with Crippen molar-refractivity contribution in [2.24, 2.45) is 11.8 Å². The van der Waals surface area contributed by atoms with Crippen LogP contribution in [0.25, 0.3) is 38.5 Å². The molecule has 0 radical (unpaired) electrons. The van der Waals surface area contributed by atoms with Crippen molar-refractivity contribution in [3.63, 3.8) is 0 Å². The number of allylic oxidation sites excluding steroid dienone is 4. The van der Waals surface area contributed by atoms with Crippen LogP contribution in [0.4, 0.5) is 0 Å². The molecule has 26 heavy (non-hydrogen) atoms. The highest BCUT2D eigenvalue weighted by atomic mass is 14.7. The number of H-pyrrole nitrogens is 1. The zero-order valence-corrected chi connectivity index (χ0v) is 14.4. The van der Waals surface area contributed by atoms with Crippen LogP contribution in [0, 0.1) is 11.8 Å². The lowest BCUT2D eigenvalue weighted by molar-refractivity contribution is 0.985. The van der Waals surface area contributed by atoms with Gasteiger partial charge >= 0.3 is 0 Å². The first kappa shape index (κ1) is 14.1. The van der Waals surface area contributed by atoms with E-state index in [0.29, 0.717) is 0 Å². The first-order valence-electron chi connectivity index (χ1n) is 9.37. The monoisotopic (exact) mass is 335 g/mol. The average Bonchev–Trinajstić information content (AvgIpc) is 3.38. The van der Waals surface area contributed by atoms with E-state index < -0.39 is 0 Å². The summed E-state index contributed by atoms with van der Waals surface area (Å²) in [6.07, 6.45) is 8.49. The van der Waals surface area contributed by atoms with Crippen LogP contribution in [0.5, 0.6) is 0 Å². The van der Waals surface area contributed by atoms with Gasteiger partial charge < -0.3 is 4.98 Å². The molecule has 0 bridgehead atoms. The minimum atomic E-state index is 0. The molecule has 1 heterocycles. The van der Waals surface area contributed by atoms with Crippen molar-refractivity contribution in [3.8, 4) is 11.1 Å². The van der Waals surface area contributed by atoms with Gasteiger partial charge in [0, 0.05) is 23.2 Å². The fraction of sp³-hybridized carbons (Fsp3) is 0.120. The summed E-state index contributed by atoms with van der Waals surface area (Å²) in [5.74, 6) is 1.56. The Hall–Kier alpha value is -3.06. The van der Waals surface area contributed by atoms with Gasteiger partial charge in [0.05, 0.1) is 0 Å². The molecule has 0 spiro atoms. The fourth-order valence-electron chi connectivity index (χ4n) is 4.35. The van der Waals surface area contributed by atoms with Gasteiger partial charge in [0.15, 0.2) is 0 Å². The first-order valence-corrected chi connectivity index (χ1v) is 9.37. The summed E-state index contributed by atoms with van der Waals surface area (Å²) in [7, 11) is 0. The van der Waals surface area contributed by atoms with Crippen molar-refractivity contribution < 1.29 is 1.43 Å². The topological polar surface area (TPSA) is 15.8 Å². The highest BCUT2D eigenvalue weighted by molar-refractivity contribution is 6.08. The number of rotatable bonds is 2. The molecule has 1 nitrogen and oxygen atoms in total. The maximum Gasteiger partial charge on any atom is 0.0471 e. The summed E-state index contributed by atoms with van der Waals surface area (Å²) in [5.41, 5.74) is 7.69. The zero-order chi connectivity index (χ0) is 17.1. The number of hydrogen-bond donors (Lipinski definition) is 1. The van der Waals surface area contributed by atoms with E-state index in [1.807, 2.05) is 0 Å². The molecule has 1 N–H and O–H groups in total. The molecule has 2 atom stereocenters. The Morgan fingerprint density at radius 2 is 1.58 bits per heavy atom. The molecule has 2 aliphatic carbocycles. The molecule has 126 valence electrons. The van der Waals surface area contributed by atoms with E-state index in [4.69, 9.17) is 0 Å². The van der Waals surface area contributed by atoms with E-state index >= 15 is 0 Å². The van der Waals surface area contributed by atoms with Gasteiger partial charge in [-0.15, -0.1) is 0 Å². The van der Waals surface area contributed by atoms with E-state index in [1.54, 1.807) is 0 Å². The second-order valence-corrected chi connectivity index (χ2v) is 7.52. The molecule has 6 rings (SSSR count). The van der Waals surface area contributed by atoms with Crippen LogP contribution < -0.4 is 0 Å². The van der Waals surface area contributed by atoms with Crippen LogP contribution in [0.3, 0.4) is 0 Å². The Labute approximate surface area is 154 Å². The molecule has 2 unspecified atom stereocenters. The summed E-state index contributed by atoms with van der Waals surface area (Å²) in [6.45, 7) is 0. The Morgan fingerprint density at radius 3 is 2.50 bits per heavy atom. The van der Waals surface area contributed by atoms with Crippen molar-refractivity contribution in [2.45, 2.75) is 6.42 Å². The zero-order valence-electron chi connectivity index (χ0n) is 14.4. The normalized spacial score (nSPS) is 21.0. The quantitative estimate of drug-likeness (QED) is 0.413. The Kier molecular flexibility index (Phi) is 2.84. The molecule has 1 saturated carbocycles. The van der Waals surface area contributed by atoms with Crippen LogP contribution >= 0.6 is 0 Å². The van der Waals surface area contributed by atoms with Crippen LogP contribution in [-0.2, 0) is 0 Å². The molecule has 1 aromatic heterocycles. The molecular formula is C25H21N. The Morgan fingerprint density at radius 1 is 0.769 bits per heavy atom. The second-order valence-electron chi connectivity index (χ2n) is 7.52. The molecule has 0 saturated heterocycles. The van der Waals surface area contributed by atoms with Crippen molar-refractivity contribution in [1.82, 2.24) is 4.98 Å². The van der Waals surface area contributed by atoms with Gasteiger partial charge in [0.2, 0.25) is 0 Å². The second kappa shape index (κ2) is 5.22. The van der Waals surface area contributed by atoms with E-state index in [9.17, 15) is 0 Å². The average molecular weight is 335 g/mol. The van der Waals surface area contributed by atoms with Crippen LogP contribution in [-0.4, -0.2) is 4.98 Å². The van der Waals surface area contributed by atoms with Crippen LogP contribution in [0.2, 0.25) is 0 Å². The number of benzene rings is 3. The number of aromatic amines is 1. The van der Waals surface area contributed by atoms with Crippen molar-refractivity contribution in [1.29, 1.82) is 0 Å². The lowest BCUT2D eigenvalue weighted by Crippen LogP contribution is -1.92. The van der Waals surface area contributed by atoms with Gasteiger partial charge in [-0.05, 0) is 52.7 Å².